The van der Waals surface area contributed by atoms with Crippen molar-refractivity contribution in [2.45, 2.75) is 95.2 Å². The van der Waals surface area contributed by atoms with Crippen LogP contribution < -0.4 is 0 Å². The van der Waals surface area contributed by atoms with Crippen molar-refractivity contribution in [3.05, 3.63) is 35.9 Å². The van der Waals surface area contributed by atoms with Gasteiger partial charge in [0, 0.05) is 25.7 Å². The molecule has 0 saturated carbocycles. The fourth-order valence-corrected chi connectivity index (χ4v) is 5.64. The highest BCUT2D eigenvalue weighted by atomic mass is 16.5. The van der Waals surface area contributed by atoms with E-state index in [0.29, 0.717) is 12.1 Å². The third kappa shape index (κ3) is 5.40. The Balaban J connectivity index is 1.51. The molecule has 1 aromatic rings. The highest BCUT2D eigenvalue weighted by Crippen LogP contribution is 2.42. The number of quaternary nitrogens is 1. The number of benzene rings is 1. The van der Waals surface area contributed by atoms with Gasteiger partial charge in [0.1, 0.15) is 12.0 Å². The van der Waals surface area contributed by atoms with Crippen LogP contribution in [0.3, 0.4) is 0 Å². The van der Waals surface area contributed by atoms with Gasteiger partial charge in [0.2, 0.25) is 0 Å². The first-order chi connectivity index (χ1) is 14.1. The van der Waals surface area contributed by atoms with Crippen molar-refractivity contribution in [2.24, 2.45) is 0 Å². The summed E-state index contributed by atoms with van der Waals surface area (Å²) in [5, 5.41) is 9.75. The van der Waals surface area contributed by atoms with Crippen LogP contribution in [-0.4, -0.2) is 53.9 Å². The molecule has 2 fully saturated rings. The van der Waals surface area contributed by atoms with Crippen LogP contribution >= 0.6 is 0 Å². The number of carbonyl (C=O) groups is 1. The van der Waals surface area contributed by atoms with E-state index in [4.69, 9.17) is 4.74 Å². The second-order valence-electron chi connectivity index (χ2n) is 9.40. The molecule has 29 heavy (non-hydrogen) atoms. The number of unbranched alkanes of at least 4 members (excludes halogenated alkanes) is 5. The number of aliphatic hydroxyl groups excluding tert-OH is 1. The zero-order valence-corrected chi connectivity index (χ0v) is 18.4. The Labute approximate surface area is 176 Å². The summed E-state index contributed by atoms with van der Waals surface area (Å²) >= 11 is 0. The molecule has 4 nitrogen and oxygen atoms in total. The molecule has 0 aliphatic carbocycles. The molecular weight excluding hydrogens is 362 g/mol. The van der Waals surface area contributed by atoms with Gasteiger partial charge in [-0.15, -0.1) is 0 Å². The minimum Gasteiger partial charge on any atom is -0.461 e. The Morgan fingerprint density at radius 1 is 1.07 bits per heavy atom. The van der Waals surface area contributed by atoms with Gasteiger partial charge in [-0.3, -0.25) is 4.79 Å². The van der Waals surface area contributed by atoms with Crippen molar-refractivity contribution in [1.82, 2.24) is 0 Å². The predicted molar refractivity (Wildman–Crippen MR) is 117 cm³/mol. The highest BCUT2D eigenvalue weighted by molar-refractivity contribution is 5.78. The maximum atomic E-state index is 12.7. The number of hydrogen-bond donors (Lipinski definition) is 1. The lowest BCUT2D eigenvalue weighted by Crippen LogP contribution is -2.59. The maximum Gasteiger partial charge on any atom is 0.316 e. The van der Waals surface area contributed by atoms with Crippen LogP contribution in [0.25, 0.3) is 0 Å². The molecule has 4 heteroatoms. The van der Waals surface area contributed by atoms with E-state index < -0.39 is 5.92 Å². The summed E-state index contributed by atoms with van der Waals surface area (Å²) in [6.07, 6.45) is 12.5. The van der Waals surface area contributed by atoms with Crippen LogP contribution in [0.5, 0.6) is 0 Å². The lowest BCUT2D eigenvalue weighted by molar-refractivity contribution is -0.949. The van der Waals surface area contributed by atoms with E-state index in [-0.39, 0.29) is 18.7 Å². The maximum absolute atomic E-state index is 12.7. The van der Waals surface area contributed by atoms with Crippen molar-refractivity contribution >= 4 is 5.97 Å². The second kappa shape index (κ2) is 10.6. The van der Waals surface area contributed by atoms with Gasteiger partial charge in [0.25, 0.3) is 0 Å². The van der Waals surface area contributed by atoms with Crippen molar-refractivity contribution < 1.29 is 19.1 Å². The number of ether oxygens (including phenoxy) is 1. The molecule has 3 rings (SSSR count). The van der Waals surface area contributed by atoms with E-state index in [1.54, 1.807) is 0 Å². The SMILES string of the molecule is CCCCCCCC[N+]1(C)[C@@H]2CC[C@H]1CC(OC(=O)C(CO)c1ccccc1)C2. The monoisotopic (exact) mass is 402 g/mol. The molecule has 2 heterocycles. The summed E-state index contributed by atoms with van der Waals surface area (Å²) in [5.41, 5.74) is 0.836. The molecule has 2 saturated heterocycles. The normalized spacial score (nSPS) is 29.6. The van der Waals surface area contributed by atoms with Crippen molar-refractivity contribution in [1.29, 1.82) is 0 Å². The Morgan fingerprint density at radius 3 is 2.31 bits per heavy atom. The van der Waals surface area contributed by atoms with E-state index in [1.807, 2.05) is 30.3 Å². The van der Waals surface area contributed by atoms with Gasteiger partial charge in [-0.25, -0.2) is 0 Å². The Hall–Kier alpha value is -1.39. The fourth-order valence-electron chi connectivity index (χ4n) is 5.64. The summed E-state index contributed by atoms with van der Waals surface area (Å²) in [4.78, 5) is 12.7. The van der Waals surface area contributed by atoms with Gasteiger partial charge >= 0.3 is 5.97 Å². The Kier molecular flexibility index (Phi) is 8.14. The van der Waals surface area contributed by atoms with E-state index >= 15 is 0 Å². The predicted octanol–water partition coefficient (Wildman–Crippen LogP) is 4.81. The van der Waals surface area contributed by atoms with Crippen molar-refractivity contribution in [3.63, 3.8) is 0 Å². The number of hydrogen-bond acceptors (Lipinski definition) is 3. The molecule has 0 spiro atoms. The van der Waals surface area contributed by atoms with Crippen LogP contribution in [0.15, 0.2) is 30.3 Å². The van der Waals surface area contributed by atoms with Gasteiger partial charge in [-0.05, 0) is 18.4 Å². The first-order valence-electron chi connectivity index (χ1n) is 11.8. The van der Waals surface area contributed by atoms with Crippen molar-refractivity contribution in [2.75, 3.05) is 20.2 Å². The molecule has 2 aliphatic rings. The van der Waals surface area contributed by atoms with Crippen molar-refractivity contribution in [3.8, 4) is 0 Å². The molecule has 2 aliphatic heterocycles. The number of aliphatic hydroxyl groups is 1. The Morgan fingerprint density at radius 2 is 1.69 bits per heavy atom. The minimum atomic E-state index is -0.570. The number of nitrogens with zero attached hydrogens (tertiary/aromatic N) is 1. The summed E-state index contributed by atoms with van der Waals surface area (Å²) < 4.78 is 7.12. The smallest absolute Gasteiger partial charge is 0.316 e. The number of carbonyl (C=O) groups excluding carboxylic acids is 1. The molecule has 2 bridgehead atoms. The zero-order chi connectivity index (χ0) is 20.7. The summed E-state index contributed by atoms with van der Waals surface area (Å²) in [6.45, 7) is 3.34. The van der Waals surface area contributed by atoms with E-state index in [0.717, 1.165) is 18.4 Å². The van der Waals surface area contributed by atoms with E-state index in [1.165, 1.54) is 62.4 Å². The lowest BCUT2D eigenvalue weighted by atomic mass is 9.95. The summed E-state index contributed by atoms with van der Waals surface area (Å²) in [7, 11) is 2.44. The molecule has 0 aromatic heterocycles. The van der Waals surface area contributed by atoms with Gasteiger partial charge in [0.05, 0.1) is 32.3 Å². The van der Waals surface area contributed by atoms with Crippen LogP contribution in [0.4, 0.5) is 0 Å². The minimum absolute atomic E-state index is 0.00789. The number of fused-ring (bicyclic) bond motifs is 2. The number of esters is 1. The van der Waals surface area contributed by atoms with Gasteiger partial charge in [0.15, 0.2) is 0 Å². The Bertz CT molecular complexity index is 618. The van der Waals surface area contributed by atoms with Gasteiger partial charge in [-0.2, -0.15) is 0 Å². The van der Waals surface area contributed by atoms with Crippen LogP contribution in [-0.2, 0) is 9.53 Å². The van der Waals surface area contributed by atoms with Gasteiger partial charge < -0.3 is 14.3 Å². The van der Waals surface area contributed by atoms with Gasteiger partial charge in [-0.1, -0.05) is 62.9 Å². The third-order valence-corrected chi connectivity index (χ3v) is 7.52. The second-order valence-corrected chi connectivity index (χ2v) is 9.40. The topological polar surface area (TPSA) is 46.5 Å². The zero-order valence-electron chi connectivity index (χ0n) is 18.4. The largest absolute Gasteiger partial charge is 0.461 e. The van der Waals surface area contributed by atoms with Crippen LogP contribution in [0.2, 0.25) is 0 Å². The molecule has 0 amide bonds. The standard InChI is InChI=1S/C25H40NO3/c1-3-4-5-6-7-11-16-26(2)21-14-15-22(26)18-23(17-21)29-25(28)24(19-27)20-12-9-8-10-13-20/h8-10,12-13,21-24,27H,3-7,11,14-19H2,1-2H3/q+1/t21-,22+,23?,24?,26?. The molecule has 162 valence electrons. The fraction of sp³-hybridized carbons (Fsp3) is 0.720. The molecule has 3 unspecified atom stereocenters. The lowest BCUT2D eigenvalue weighted by Gasteiger charge is -2.47. The van der Waals surface area contributed by atoms with E-state index in [2.05, 4.69) is 14.0 Å². The molecule has 1 aromatic carbocycles. The summed E-state index contributed by atoms with van der Waals surface area (Å²) in [6, 6.07) is 10.7. The average molecular weight is 403 g/mol. The third-order valence-electron chi connectivity index (χ3n) is 7.52. The quantitative estimate of drug-likeness (QED) is 0.328. The first-order valence-corrected chi connectivity index (χ1v) is 11.8. The van der Waals surface area contributed by atoms with Crippen LogP contribution in [0, 0.1) is 0 Å². The summed E-state index contributed by atoms with van der Waals surface area (Å²) in [5.74, 6) is -0.838. The van der Waals surface area contributed by atoms with E-state index in [9.17, 15) is 9.90 Å². The average Bonchev–Trinajstić information content (AvgIpc) is 2.89. The molecule has 0 radical (unpaired) electrons. The number of piperidine rings is 1. The molecular formula is C25H40NO3+. The number of rotatable bonds is 11. The molecule has 5 atom stereocenters. The first kappa shape index (κ1) is 22.3. The highest BCUT2D eigenvalue weighted by Gasteiger charge is 2.52. The molecule has 1 N–H and O–H groups in total. The van der Waals surface area contributed by atoms with Crippen LogP contribution in [0.1, 0.15) is 82.6 Å².